The van der Waals surface area contributed by atoms with Crippen molar-refractivity contribution in [2.24, 2.45) is 0 Å². The Balaban J connectivity index is 2.32. The summed E-state index contributed by atoms with van der Waals surface area (Å²) in [6.45, 7) is 0. The molecule has 2 aromatic rings. The van der Waals surface area contributed by atoms with Crippen LogP contribution in [0.1, 0.15) is 30.1 Å². The molecule has 1 aliphatic rings. The number of halogens is 2. The third kappa shape index (κ3) is 1.75. The quantitative estimate of drug-likeness (QED) is 0.802. The average Bonchev–Trinajstić information content (AvgIpc) is 2.68. The summed E-state index contributed by atoms with van der Waals surface area (Å²) in [5.74, 6) is 0. The highest BCUT2D eigenvalue weighted by Gasteiger charge is 2.24. The van der Waals surface area contributed by atoms with E-state index in [0.29, 0.717) is 16.1 Å². The van der Waals surface area contributed by atoms with Gasteiger partial charge >= 0.3 is 0 Å². The Bertz CT molecular complexity index is 574. The summed E-state index contributed by atoms with van der Waals surface area (Å²) in [5, 5.41) is 5.94. The van der Waals surface area contributed by atoms with Gasteiger partial charge in [-0.2, -0.15) is 0 Å². The fraction of sp³-hybridized carbons (Fsp3) is 0.385. The maximum Gasteiger partial charge on any atom is 0.0662 e. The maximum atomic E-state index is 6.24. The fourth-order valence-electron chi connectivity index (χ4n) is 2.81. The normalized spacial score (nSPS) is 19.6. The van der Waals surface area contributed by atoms with Crippen LogP contribution in [0.5, 0.6) is 0 Å². The SMILES string of the molecule is CNC1CCCc2[nH]c3c(Cl)cc(Cl)cc3c21. The topological polar surface area (TPSA) is 27.8 Å². The van der Waals surface area contributed by atoms with E-state index in [-0.39, 0.29) is 0 Å². The van der Waals surface area contributed by atoms with Gasteiger partial charge in [-0.25, -0.2) is 0 Å². The lowest BCUT2D eigenvalue weighted by molar-refractivity contribution is 0.497. The van der Waals surface area contributed by atoms with Crippen LogP contribution < -0.4 is 5.32 Å². The van der Waals surface area contributed by atoms with E-state index in [4.69, 9.17) is 23.2 Å². The van der Waals surface area contributed by atoms with Crippen molar-refractivity contribution in [3.8, 4) is 0 Å². The zero-order valence-corrected chi connectivity index (χ0v) is 11.1. The molecule has 1 heterocycles. The minimum Gasteiger partial charge on any atom is -0.357 e. The van der Waals surface area contributed by atoms with Crippen LogP contribution in [-0.4, -0.2) is 12.0 Å². The van der Waals surface area contributed by atoms with Gasteiger partial charge < -0.3 is 10.3 Å². The molecule has 0 radical (unpaired) electrons. The molecular weight excluding hydrogens is 255 g/mol. The van der Waals surface area contributed by atoms with Crippen LogP contribution >= 0.6 is 23.2 Å². The fourth-order valence-corrected chi connectivity index (χ4v) is 3.35. The first-order chi connectivity index (χ1) is 8.20. The highest BCUT2D eigenvalue weighted by Crippen LogP contribution is 2.39. The molecule has 1 unspecified atom stereocenters. The molecule has 3 rings (SSSR count). The van der Waals surface area contributed by atoms with Gasteiger partial charge in [0.05, 0.1) is 10.5 Å². The van der Waals surface area contributed by atoms with Crippen LogP contribution in [0.4, 0.5) is 0 Å². The lowest BCUT2D eigenvalue weighted by Crippen LogP contribution is -2.20. The number of benzene rings is 1. The van der Waals surface area contributed by atoms with Crippen molar-refractivity contribution in [2.75, 3.05) is 7.05 Å². The molecule has 0 bridgehead atoms. The van der Waals surface area contributed by atoms with Crippen LogP contribution in [-0.2, 0) is 6.42 Å². The second-order valence-electron chi connectivity index (χ2n) is 4.56. The summed E-state index contributed by atoms with van der Waals surface area (Å²) in [7, 11) is 2.00. The molecule has 4 heteroatoms. The van der Waals surface area contributed by atoms with Crippen molar-refractivity contribution in [3.63, 3.8) is 0 Å². The smallest absolute Gasteiger partial charge is 0.0662 e. The van der Waals surface area contributed by atoms with Crippen molar-refractivity contribution in [2.45, 2.75) is 25.3 Å². The third-order valence-corrected chi connectivity index (χ3v) is 4.08. The molecule has 2 N–H and O–H groups in total. The van der Waals surface area contributed by atoms with E-state index < -0.39 is 0 Å². The number of aryl methyl sites for hydroxylation is 1. The number of rotatable bonds is 1. The lowest BCUT2D eigenvalue weighted by atomic mass is 9.91. The number of H-pyrrole nitrogens is 1. The van der Waals surface area contributed by atoms with Crippen molar-refractivity contribution in [3.05, 3.63) is 33.4 Å². The first-order valence-corrected chi connectivity index (χ1v) is 6.63. The summed E-state index contributed by atoms with van der Waals surface area (Å²) < 4.78 is 0. The van der Waals surface area contributed by atoms with E-state index in [1.54, 1.807) is 6.07 Å². The van der Waals surface area contributed by atoms with Gasteiger partial charge in [0.2, 0.25) is 0 Å². The van der Waals surface area contributed by atoms with Gasteiger partial charge in [-0.05, 0) is 44.0 Å². The molecule has 0 saturated heterocycles. The van der Waals surface area contributed by atoms with Crippen molar-refractivity contribution in [1.82, 2.24) is 10.3 Å². The molecule has 17 heavy (non-hydrogen) atoms. The minimum absolute atomic E-state index is 0.405. The Kier molecular flexibility index (Phi) is 2.81. The summed E-state index contributed by atoms with van der Waals surface area (Å²) in [6, 6.07) is 4.21. The zero-order chi connectivity index (χ0) is 12.0. The summed E-state index contributed by atoms with van der Waals surface area (Å²) in [5.41, 5.74) is 3.66. The van der Waals surface area contributed by atoms with Crippen LogP contribution in [0.25, 0.3) is 10.9 Å². The molecule has 0 saturated carbocycles. The molecule has 0 spiro atoms. The van der Waals surface area contributed by atoms with Gasteiger partial charge in [-0.1, -0.05) is 23.2 Å². The van der Waals surface area contributed by atoms with Crippen LogP contribution in [0, 0.1) is 0 Å². The first-order valence-electron chi connectivity index (χ1n) is 5.87. The Morgan fingerprint density at radius 2 is 2.18 bits per heavy atom. The summed E-state index contributed by atoms with van der Waals surface area (Å²) in [6.07, 6.45) is 3.47. The standard InChI is InChI=1S/C13H14Cl2N2/c1-16-10-3-2-4-11-12(10)8-5-7(14)6-9(15)13(8)17-11/h5-6,10,16-17H,2-4H2,1H3. The Morgan fingerprint density at radius 1 is 1.35 bits per heavy atom. The number of hydrogen-bond acceptors (Lipinski definition) is 1. The molecule has 1 aromatic carbocycles. The van der Waals surface area contributed by atoms with Crippen LogP contribution in [0.3, 0.4) is 0 Å². The van der Waals surface area contributed by atoms with Crippen molar-refractivity contribution in [1.29, 1.82) is 0 Å². The average molecular weight is 269 g/mol. The minimum atomic E-state index is 0.405. The molecule has 1 aliphatic carbocycles. The van der Waals surface area contributed by atoms with E-state index >= 15 is 0 Å². The largest absolute Gasteiger partial charge is 0.357 e. The summed E-state index contributed by atoms with van der Waals surface area (Å²) in [4.78, 5) is 3.45. The molecule has 0 amide bonds. The number of nitrogens with one attached hydrogen (secondary N) is 2. The van der Waals surface area contributed by atoms with E-state index in [1.165, 1.54) is 24.1 Å². The lowest BCUT2D eigenvalue weighted by Gasteiger charge is -2.22. The Labute approximate surface area is 110 Å². The van der Waals surface area contributed by atoms with E-state index in [2.05, 4.69) is 10.3 Å². The van der Waals surface area contributed by atoms with Crippen molar-refractivity contribution < 1.29 is 0 Å². The maximum absolute atomic E-state index is 6.24. The van der Waals surface area contributed by atoms with Gasteiger partial charge in [-0.15, -0.1) is 0 Å². The number of aromatic nitrogens is 1. The van der Waals surface area contributed by atoms with E-state index in [1.807, 2.05) is 13.1 Å². The molecule has 0 fully saturated rings. The van der Waals surface area contributed by atoms with Crippen molar-refractivity contribution >= 4 is 34.1 Å². The van der Waals surface area contributed by atoms with Gasteiger partial charge in [0.1, 0.15) is 0 Å². The summed E-state index contributed by atoms with van der Waals surface area (Å²) >= 11 is 12.3. The Hall–Kier alpha value is -0.700. The number of aromatic amines is 1. The van der Waals surface area contributed by atoms with Gasteiger partial charge in [0, 0.05) is 22.1 Å². The molecule has 0 aliphatic heterocycles. The predicted octanol–water partition coefficient (Wildman–Crippen LogP) is 4.07. The zero-order valence-electron chi connectivity index (χ0n) is 9.61. The molecule has 90 valence electrons. The monoisotopic (exact) mass is 268 g/mol. The number of hydrogen-bond donors (Lipinski definition) is 2. The predicted molar refractivity (Wildman–Crippen MR) is 73.1 cm³/mol. The Morgan fingerprint density at radius 3 is 2.94 bits per heavy atom. The molecule has 1 atom stereocenters. The highest BCUT2D eigenvalue weighted by atomic mass is 35.5. The van der Waals surface area contributed by atoms with Gasteiger partial charge in [0.15, 0.2) is 0 Å². The highest BCUT2D eigenvalue weighted by molar-refractivity contribution is 6.38. The number of fused-ring (bicyclic) bond motifs is 3. The second kappa shape index (κ2) is 4.20. The van der Waals surface area contributed by atoms with Crippen LogP contribution in [0.15, 0.2) is 12.1 Å². The van der Waals surface area contributed by atoms with Crippen LogP contribution in [0.2, 0.25) is 10.0 Å². The van der Waals surface area contributed by atoms with Gasteiger partial charge in [-0.3, -0.25) is 0 Å². The molecule has 1 aromatic heterocycles. The van der Waals surface area contributed by atoms with E-state index in [0.717, 1.165) is 17.3 Å². The third-order valence-electron chi connectivity index (χ3n) is 3.56. The molecule has 2 nitrogen and oxygen atoms in total. The van der Waals surface area contributed by atoms with Gasteiger partial charge in [0.25, 0.3) is 0 Å². The first kappa shape index (κ1) is 11.4. The molecular formula is C13H14Cl2N2. The second-order valence-corrected chi connectivity index (χ2v) is 5.40. The van der Waals surface area contributed by atoms with E-state index in [9.17, 15) is 0 Å².